The van der Waals surface area contributed by atoms with Gasteiger partial charge in [-0.25, -0.2) is 0 Å². The topological polar surface area (TPSA) is 55.5 Å². The van der Waals surface area contributed by atoms with Crippen LogP contribution in [0, 0.1) is 49.7 Å². The Balaban J connectivity index is 1.39. The number of rotatable bonds is 4. The minimum absolute atomic E-state index is 0.0505. The van der Waals surface area contributed by atoms with Crippen molar-refractivity contribution >= 4 is 0 Å². The highest BCUT2D eigenvalue weighted by atomic mass is 16.5. The van der Waals surface area contributed by atoms with Gasteiger partial charge in [0.15, 0.2) is 0 Å². The summed E-state index contributed by atoms with van der Waals surface area (Å²) in [5.41, 5.74) is 7.95. The second-order valence-electron chi connectivity index (χ2n) is 17.1. The van der Waals surface area contributed by atoms with Crippen molar-refractivity contribution in [3.63, 3.8) is 0 Å². The maximum atomic E-state index is 10.7. The van der Waals surface area contributed by atoms with E-state index < -0.39 is 0 Å². The molecule has 6 rings (SSSR count). The lowest BCUT2D eigenvalue weighted by Gasteiger charge is -2.73. The van der Waals surface area contributed by atoms with Crippen LogP contribution in [0.2, 0.25) is 0 Å². The van der Waals surface area contributed by atoms with E-state index in [9.17, 15) is 5.11 Å². The fourth-order valence-electron chi connectivity index (χ4n) is 13.5. The van der Waals surface area contributed by atoms with Gasteiger partial charge in [-0.2, -0.15) is 0 Å². The van der Waals surface area contributed by atoms with E-state index in [-0.39, 0.29) is 44.4 Å². The number of fused-ring (bicyclic) bond motifs is 9. The molecule has 206 valence electrons. The van der Waals surface area contributed by atoms with Gasteiger partial charge < -0.3 is 15.6 Å². The number of hydrogen-bond acceptors (Lipinski definition) is 3. The van der Waals surface area contributed by atoms with Gasteiger partial charge in [0.2, 0.25) is 0 Å². The lowest BCUT2D eigenvalue weighted by Crippen LogP contribution is -2.67. The van der Waals surface area contributed by atoms with E-state index in [0.717, 1.165) is 25.3 Å². The summed E-state index contributed by atoms with van der Waals surface area (Å²) in [6.45, 7) is 24.2. The molecule has 6 fully saturated rings. The average molecular weight is 500 g/mol. The molecule has 0 aromatic heterocycles. The zero-order valence-electron chi connectivity index (χ0n) is 25.2. The van der Waals surface area contributed by atoms with Crippen molar-refractivity contribution in [2.45, 2.75) is 150 Å². The largest absolute Gasteiger partial charge is 0.393 e. The zero-order chi connectivity index (χ0) is 26.4. The minimum Gasteiger partial charge on any atom is -0.393 e. The van der Waals surface area contributed by atoms with Crippen molar-refractivity contribution in [3.8, 4) is 0 Å². The second-order valence-corrected chi connectivity index (χ2v) is 17.1. The summed E-state index contributed by atoms with van der Waals surface area (Å²) < 4.78 is 7.46. The first kappa shape index (κ1) is 26.1. The van der Waals surface area contributed by atoms with Gasteiger partial charge in [0.25, 0.3) is 0 Å². The fourth-order valence-corrected chi connectivity index (χ4v) is 13.5. The number of ether oxygens (including phenoxy) is 1. The molecule has 0 bridgehead atoms. The molecule has 3 heteroatoms. The Bertz CT molecular complexity index is 967. The summed E-state index contributed by atoms with van der Waals surface area (Å²) in [5.74, 6) is 1.31. The van der Waals surface area contributed by atoms with E-state index in [1.54, 1.807) is 0 Å². The molecule has 1 saturated heterocycles. The first-order chi connectivity index (χ1) is 16.5. The molecule has 3 N–H and O–H groups in total. The van der Waals surface area contributed by atoms with Gasteiger partial charge in [-0.15, -0.1) is 0 Å². The van der Waals surface area contributed by atoms with Crippen LogP contribution in [-0.2, 0) is 4.74 Å². The van der Waals surface area contributed by atoms with E-state index in [4.69, 9.17) is 10.5 Å². The monoisotopic (exact) mass is 499 g/mol. The van der Waals surface area contributed by atoms with Crippen molar-refractivity contribution in [3.05, 3.63) is 0 Å². The number of hydrogen-bond donors (Lipinski definition) is 2. The van der Waals surface area contributed by atoms with E-state index in [0.29, 0.717) is 16.7 Å². The Morgan fingerprint density at radius 1 is 0.833 bits per heavy atom. The van der Waals surface area contributed by atoms with Gasteiger partial charge in [0.05, 0.1) is 17.3 Å². The Hall–Kier alpha value is -0.120. The summed E-state index contributed by atoms with van der Waals surface area (Å²) >= 11 is 0. The molecular weight excluding hydrogens is 442 g/mol. The summed E-state index contributed by atoms with van der Waals surface area (Å²) in [6.07, 6.45) is 13.2. The van der Waals surface area contributed by atoms with Crippen molar-refractivity contribution in [1.29, 1.82) is 0 Å². The van der Waals surface area contributed by atoms with Crippen LogP contribution in [-0.4, -0.2) is 29.0 Å². The number of nitrogens with two attached hydrogens (primary N) is 1. The summed E-state index contributed by atoms with van der Waals surface area (Å²) in [6, 6.07) is 0. The van der Waals surface area contributed by atoms with Crippen molar-refractivity contribution in [1.82, 2.24) is 0 Å². The maximum Gasteiger partial charge on any atom is 0.0757 e. The Morgan fingerprint density at radius 2 is 1.53 bits per heavy atom. The Morgan fingerprint density at radius 3 is 2.19 bits per heavy atom. The highest BCUT2D eigenvalue weighted by Crippen LogP contribution is 2.92. The predicted molar refractivity (Wildman–Crippen MR) is 147 cm³/mol. The van der Waals surface area contributed by atoms with Crippen LogP contribution >= 0.6 is 0 Å². The molecule has 0 radical (unpaired) electrons. The summed E-state index contributed by atoms with van der Waals surface area (Å²) in [7, 11) is 0. The third kappa shape index (κ3) is 2.43. The second kappa shape index (κ2) is 6.95. The van der Waals surface area contributed by atoms with Crippen LogP contribution in [0.5, 0.6) is 0 Å². The lowest BCUT2D eigenvalue weighted by molar-refractivity contribution is -0.254. The van der Waals surface area contributed by atoms with Crippen molar-refractivity contribution in [2.24, 2.45) is 55.5 Å². The predicted octanol–water partition coefficient (Wildman–Crippen LogP) is 7.49. The van der Waals surface area contributed by atoms with Gasteiger partial charge in [0.1, 0.15) is 0 Å². The summed E-state index contributed by atoms with van der Waals surface area (Å²) in [5, 5.41) is 10.7. The SMILES string of the molecule is C[C@H](CN)CC[C@@]12C[C@@]1(C)[C@]1(C)[C@@]3(C)CC[C@]4(C)C(CC[C@]5(C)C[C@@H](O)CC[C@@]54C)[C@@]3(C)C[C@@]1(C)O2. The van der Waals surface area contributed by atoms with Gasteiger partial charge in [-0.3, -0.25) is 0 Å². The van der Waals surface area contributed by atoms with Crippen LogP contribution in [0.15, 0.2) is 0 Å². The van der Waals surface area contributed by atoms with Crippen LogP contribution in [0.3, 0.4) is 0 Å². The molecule has 1 heterocycles. The van der Waals surface area contributed by atoms with Gasteiger partial charge >= 0.3 is 0 Å². The smallest absolute Gasteiger partial charge is 0.0757 e. The average Bonchev–Trinajstić information content (AvgIpc) is 3.30. The highest BCUT2D eigenvalue weighted by molar-refractivity contribution is 5.40. The minimum atomic E-state index is -0.102. The molecule has 0 aromatic rings. The number of aliphatic hydroxyl groups excluding tert-OH is 1. The van der Waals surface area contributed by atoms with Gasteiger partial charge in [-0.1, -0.05) is 55.4 Å². The molecule has 3 nitrogen and oxygen atoms in total. The van der Waals surface area contributed by atoms with E-state index in [1.165, 1.54) is 57.8 Å². The number of aliphatic hydroxyl groups is 1. The van der Waals surface area contributed by atoms with Gasteiger partial charge in [0, 0.05) is 10.8 Å². The van der Waals surface area contributed by atoms with Crippen LogP contribution < -0.4 is 5.73 Å². The standard InChI is InChI=1S/C33H57NO2/c1-22(19-34)10-15-33-21-30(33,7)32(9)29(6)17-16-26(3)24(27(29,4)20-31(32,8)36-33)12-13-25(2)18-23(35)11-14-28(25,26)5/h22-24,35H,10-21,34H2,1-9H3/t22-,23-,24?,25+,26+,27+,28-,29-,30-,31+,32-,33+/m0/s1. The molecule has 36 heavy (non-hydrogen) atoms. The molecule has 0 spiro atoms. The maximum absolute atomic E-state index is 10.7. The normalized spacial score (nSPS) is 64.1. The van der Waals surface area contributed by atoms with Crippen LogP contribution in [0.1, 0.15) is 133 Å². The molecule has 0 amide bonds. The zero-order valence-corrected chi connectivity index (χ0v) is 25.2. The molecule has 5 aliphatic carbocycles. The van der Waals surface area contributed by atoms with Crippen molar-refractivity contribution < 1.29 is 9.84 Å². The van der Waals surface area contributed by atoms with E-state index in [2.05, 4.69) is 62.3 Å². The molecule has 5 saturated carbocycles. The van der Waals surface area contributed by atoms with Crippen molar-refractivity contribution in [2.75, 3.05) is 6.54 Å². The van der Waals surface area contributed by atoms with E-state index in [1.807, 2.05) is 0 Å². The Kier molecular flexibility index (Phi) is 5.05. The molecule has 12 atom stereocenters. The van der Waals surface area contributed by atoms with Crippen LogP contribution in [0.25, 0.3) is 0 Å². The first-order valence-electron chi connectivity index (χ1n) is 15.6. The molecule has 6 aliphatic rings. The third-order valence-electron chi connectivity index (χ3n) is 16.5. The molecule has 1 aliphatic heterocycles. The molecule has 0 aromatic carbocycles. The third-order valence-corrected chi connectivity index (χ3v) is 16.5. The Labute approximate surface area is 222 Å². The molecule has 1 unspecified atom stereocenters. The fraction of sp³-hybridized carbons (Fsp3) is 1.00. The molecular formula is C33H57NO2. The van der Waals surface area contributed by atoms with Crippen LogP contribution in [0.4, 0.5) is 0 Å². The first-order valence-corrected chi connectivity index (χ1v) is 15.6. The van der Waals surface area contributed by atoms with E-state index >= 15 is 0 Å². The summed E-state index contributed by atoms with van der Waals surface area (Å²) in [4.78, 5) is 0. The quantitative estimate of drug-likeness (QED) is 0.421. The van der Waals surface area contributed by atoms with Gasteiger partial charge in [-0.05, 0) is 123 Å². The lowest BCUT2D eigenvalue weighted by atomic mass is 9.31. The highest BCUT2D eigenvalue weighted by Gasteiger charge is 2.92.